The molecule has 4 aromatic rings. The maximum Gasteiger partial charge on any atom is 0.318 e. The van der Waals surface area contributed by atoms with Crippen LogP contribution in [0.3, 0.4) is 0 Å². The van der Waals surface area contributed by atoms with Gasteiger partial charge >= 0.3 is 11.1 Å². The van der Waals surface area contributed by atoms with Gasteiger partial charge in [-0.15, -0.1) is 0 Å². The molecule has 0 aliphatic carbocycles. The molecule has 0 N–H and O–H groups in total. The van der Waals surface area contributed by atoms with Crippen molar-refractivity contribution in [3.63, 3.8) is 0 Å². The van der Waals surface area contributed by atoms with Crippen molar-refractivity contribution in [2.24, 2.45) is 7.05 Å². The Labute approximate surface area is 184 Å². The molecule has 0 bridgehead atoms. The van der Waals surface area contributed by atoms with Gasteiger partial charge in [0.05, 0.1) is 5.52 Å². The van der Waals surface area contributed by atoms with Gasteiger partial charge in [0.1, 0.15) is 11.8 Å². The number of aryl methyl sites for hydroxylation is 1. The Morgan fingerprint density at radius 2 is 1.75 bits per heavy atom. The van der Waals surface area contributed by atoms with Crippen LogP contribution in [0.25, 0.3) is 21.9 Å². The van der Waals surface area contributed by atoms with Crippen LogP contribution >= 0.6 is 0 Å². The van der Waals surface area contributed by atoms with Crippen molar-refractivity contribution in [2.45, 2.75) is 25.4 Å². The van der Waals surface area contributed by atoms with Crippen LogP contribution in [0.15, 0.2) is 64.2 Å². The fourth-order valence-corrected chi connectivity index (χ4v) is 4.74. The van der Waals surface area contributed by atoms with E-state index in [4.69, 9.17) is 0 Å². The van der Waals surface area contributed by atoms with E-state index in [0.29, 0.717) is 11.2 Å². The number of rotatable bonds is 3. The fraction of sp³-hybridized carbons (Fsp3) is 0.280. The number of fused-ring (bicyclic) bond motifs is 2. The summed E-state index contributed by atoms with van der Waals surface area (Å²) in [6.07, 6.45) is 1.48. The Bertz CT molecular complexity index is 1480. The van der Waals surface area contributed by atoms with E-state index in [0.717, 1.165) is 32.5 Å². The smallest absolute Gasteiger partial charge is 0.304 e. The molecule has 7 nitrogen and oxygen atoms in total. The van der Waals surface area contributed by atoms with E-state index < -0.39 is 11.1 Å². The average molecular weight is 425 g/mol. The van der Waals surface area contributed by atoms with Gasteiger partial charge in [-0.1, -0.05) is 42.5 Å². The largest absolute Gasteiger partial charge is 0.318 e. The maximum atomic E-state index is 12.9. The molecule has 32 heavy (non-hydrogen) atoms. The van der Waals surface area contributed by atoms with Crippen molar-refractivity contribution in [3.05, 3.63) is 86.6 Å². The summed E-state index contributed by atoms with van der Waals surface area (Å²) in [4.78, 5) is 32.2. The minimum absolute atomic E-state index is 0.121. The van der Waals surface area contributed by atoms with Crippen LogP contribution in [0.2, 0.25) is 0 Å². The minimum Gasteiger partial charge on any atom is -0.304 e. The highest BCUT2D eigenvalue weighted by Crippen LogP contribution is 2.26. The topological polar surface area (TPSA) is 83.9 Å². The molecule has 0 unspecified atom stereocenters. The Morgan fingerprint density at radius 1 is 1.00 bits per heavy atom. The third kappa shape index (κ3) is 3.39. The first-order valence-electron chi connectivity index (χ1n) is 10.8. The van der Waals surface area contributed by atoms with Crippen LogP contribution < -0.4 is 11.1 Å². The molecule has 7 heteroatoms. The standard InChI is InChI=1S/C25H23N5O2/c1-28-22-10-9-19(15-26)27-23(22)30(25(32)24(28)31)20-11-13-29(14-12-20)16-18-7-4-6-17-5-2-3-8-21(17)18/h2-10,20H,11-14,16H2,1H3. The minimum atomic E-state index is -0.574. The van der Waals surface area contributed by atoms with Gasteiger partial charge in [-0.25, -0.2) is 4.98 Å². The first-order chi connectivity index (χ1) is 15.6. The summed E-state index contributed by atoms with van der Waals surface area (Å²) in [6, 6.07) is 19.9. The van der Waals surface area contributed by atoms with Gasteiger partial charge in [0, 0.05) is 32.7 Å². The normalized spacial score (nSPS) is 15.2. The van der Waals surface area contributed by atoms with E-state index >= 15 is 0 Å². The summed E-state index contributed by atoms with van der Waals surface area (Å²) in [5.41, 5.74) is 1.35. The van der Waals surface area contributed by atoms with Crippen molar-refractivity contribution in [1.82, 2.24) is 19.0 Å². The maximum absolute atomic E-state index is 12.9. The van der Waals surface area contributed by atoms with Gasteiger partial charge in [-0.2, -0.15) is 5.26 Å². The highest BCUT2D eigenvalue weighted by molar-refractivity contribution is 5.85. The lowest BCUT2D eigenvalue weighted by molar-refractivity contribution is 0.180. The van der Waals surface area contributed by atoms with Crippen LogP contribution in [0.4, 0.5) is 0 Å². The zero-order chi connectivity index (χ0) is 22.2. The third-order valence-electron chi connectivity index (χ3n) is 6.46. The average Bonchev–Trinajstić information content (AvgIpc) is 2.83. The molecule has 0 radical (unpaired) electrons. The number of hydrogen-bond acceptors (Lipinski definition) is 5. The van der Waals surface area contributed by atoms with E-state index in [2.05, 4.69) is 52.3 Å². The first-order valence-corrected chi connectivity index (χ1v) is 10.8. The molecule has 2 aromatic carbocycles. The molecule has 0 spiro atoms. The van der Waals surface area contributed by atoms with Crippen molar-refractivity contribution in [2.75, 3.05) is 13.1 Å². The summed E-state index contributed by atoms with van der Waals surface area (Å²) >= 11 is 0. The number of piperidine rings is 1. The first kappa shape index (κ1) is 20.2. The second-order valence-electron chi connectivity index (χ2n) is 8.34. The van der Waals surface area contributed by atoms with Crippen molar-refractivity contribution in [1.29, 1.82) is 5.26 Å². The lowest BCUT2D eigenvalue weighted by Crippen LogP contribution is -2.45. The van der Waals surface area contributed by atoms with Crippen molar-refractivity contribution in [3.8, 4) is 6.07 Å². The SMILES string of the molecule is Cn1c(=O)c(=O)n(C2CCN(Cc3cccc4ccccc34)CC2)c2nc(C#N)ccc21. The number of nitrogens with zero attached hydrogens (tertiary/aromatic N) is 5. The van der Waals surface area contributed by atoms with Crippen LogP contribution in [-0.2, 0) is 13.6 Å². The Morgan fingerprint density at radius 3 is 2.53 bits per heavy atom. The predicted octanol–water partition coefficient (Wildman–Crippen LogP) is 2.96. The Kier molecular flexibility index (Phi) is 5.08. The molecule has 2 aromatic heterocycles. The highest BCUT2D eigenvalue weighted by Gasteiger charge is 2.25. The zero-order valence-corrected chi connectivity index (χ0v) is 17.9. The van der Waals surface area contributed by atoms with E-state index in [1.54, 1.807) is 19.2 Å². The molecular weight excluding hydrogens is 402 g/mol. The van der Waals surface area contributed by atoms with E-state index in [1.165, 1.54) is 25.5 Å². The lowest BCUT2D eigenvalue weighted by Gasteiger charge is -2.33. The Balaban J connectivity index is 1.44. The molecule has 0 amide bonds. The zero-order valence-electron chi connectivity index (χ0n) is 17.9. The molecule has 1 fully saturated rings. The molecule has 1 saturated heterocycles. The molecular formula is C25H23N5O2. The summed E-state index contributed by atoms with van der Waals surface area (Å²) in [7, 11) is 1.57. The number of benzene rings is 2. The van der Waals surface area contributed by atoms with Gasteiger partial charge in [-0.05, 0) is 41.3 Å². The van der Waals surface area contributed by atoms with Crippen LogP contribution in [0.1, 0.15) is 30.1 Å². The number of nitriles is 1. The van der Waals surface area contributed by atoms with E-state index in [9.17, 15) is 14.9 Å². The van der Waals surface area contributed by atoms with Crippen LogP contribution in [0.5, 0.6) is 0 Å². The van der Waals surface area contributed by atoms with E-state index in [1.807, 2.05) is 6.07 Å². The van der Waals surface area contributed by atoms with Crippen LogP contribution in [-0.4, -0.2) is 32.1 Å². The number of likely N-dealkylation sites (tertiary alicyclic amines) is 1. The molecule has 1 aliphatic heterocycles. The summed E-state index contributed by atoms with van der Waals surface area (Å²) < 4.78 is 2.84. The second-order valence-corrected chi connectivity index (χ2v) is 8.34. The number of pyridine rings is 1. The number of aromatic nitrogens is 3. The van der Waals surface area contributed by atoms with Gasteiger partial charge in [0.2, 0.25) is 0 Å². The summed E-state index contributed by atoms with van der Waals surface area (Å²) in [6.45, 7) is 2.47. The summed E-state index contributed by atoms with van der Waals surface area (Å²) in [5.74, 6) is 0. The fourth-order valence-electron chi connectivity index (χ4n) is 4.74. The van der Waals surface area contributed by atoms with Gasteiger partial charge in [0.25, 0.3) is 0 Å². The summed E-state index contributed by atoms with van der Waals surface area (Å²) in [5, 5.41) is 11.8. The van der Waals surface area contributed by atoms with Gasteiger partial charge < -0.3 is 4.57 Å². The van der Waals surface area contributed by atoms with Gasteiger partial charge in [-0.3, -0.25) is 19.1 Å². The Hall–Kier alpha value is -3.76. The highest BCUT2D eigenvalue weighted by atomic mass is 16.2. The van der Waals surface area contributed by atoms with Crippen molar-refractivity contribution >= 4 is 21.9 Å². The monoisotopic (exact) mass is 425 g/mol. The molecule has 160 valence electrons. The van der Waals surface area contributed by atoms with Crippen molar-refractivity contribution < 1.29 is 0 Å². The van der Waals surface area contributed by atoms with Gasteiger partial charge in [0.15, 0.2) is 5.65 Å². The quantitative estimate of drug-likeness (QED) is 0.471. The van der Waals surface area contributed by atoms with Crippen LogP contribution in [0, 0.1) is 11.3 Å². The molecule has 0 atom stereocenters. The molecule has 0 saturated carbocycles. The number of hydrogen-bond donors (Lipinski definition) is 0. The predicted molar refractivity (Wildman–Crippen MR) is 123 cm³/mol. The molecule has 5 rings (SSSR count). The second kappa shape index (κ2) is 8.06. The lowest BCUT2D eigenvalue weighted by atomic mass is 10.0. The third-order valence-corrected chi connectivity index (χ3v) is 6.46. The molecule has 1 aliphatic rings. The molecule has 3 heterocycles. The van der Waals surface area contributed by atoms with E-state index in [-0.39, 0.29) is 11.7 Å².